The molecule has 1 amide bonds. The molecule has 0 unspecified atom stereocenters. The lowest BCUT2D eigenvalue weighted by atomic mass is 10.0. The number of sulfonamides is 1. The summed E-state index contributed by atoms with van der Waals surface area (Å²) in [7, 11) is -2.30. The molecule has 0 fully saturated rings. The first kappa shape index (κ1) is 22.3. The van der Waals surface area contributed by atoms with Crippen molar-refractivity contribution in [3.8, 4) is 5.75 Å². The number of carbonyl (C=O) groups is 1. The summed E-state index contributed by atoms with van der Waals surface area (Å²) >= 11 is 6.01. The van der Waals surface area contributed by atoms with Gasteiger partial charge in [0.25, 0.3) is 5.91 Å². The SMILES string of the molecule is COc1ccc(Cl)cc1C(=O)Nc1ccc2c(c1)CN(S(=O)(=O)c1ccc(F)cc1)CC2. The van der Waals surface area contributed by atoms with Gasteiger partial charge in [0.2, 0.25) is 10.0 Å². The number of benzene rings is 3. The van der Waals surface area contributed by atoms with Crippen molar-refractivity contribution in [3.63, 3.8) is 0 Å². The average Bonchev–Trinajstić information content (AvgIpc) is 2.78. The van der Waals surface area contributed by atoms with Crippen molar-refractivity contribution in [1.29, 1.82) is 0 Å². The quantitative estimate of drug-likeness (QED) is 0.591. The molecule has 3 aromatic carbocycles. The molecule has 0 atom stereocenters. The Kier molecular flexibility index (Phi) is 6.19. The normalized spacial score (nSPS) is 14.0. The summed E-state index contributed by atoms with van der Waals surface area (Å²) in [5, 5.41) is 3.22. The highest BCUT2D eigenvalue weighted by Crippen LogP contribution is 2.28. The average molecular weight is 475 g/mol. The third-order valence-corrected chi connectivity index (χ3v) is 7.39. The summed E-state index contributed by atoms with van der Waals surface area (Å²) in [5.74, 6) is -0.498. The van der Waals surface area contributed by atoms with Crippen molar-refractivity contribution in [1.82, 2.24) is 4.31 Å². The van der Waals surface area contributed by atoms with Crippen LogP contribution in [0, 0.1) is 5.82 Å². The second-order valence-corrected chi connectivity index (χ2v) is 9.70. The van der Waals surface area contributed by atoms with E-state index in [4.69, 9.17) is 16.3 Å². The van der Waals surface area contributed by atoms with E-state index in [2.05, 4.69) is 5.32 Å². The molecule has 6 nitrogen and oxygen atoms in total. The van der Waals surface area contributed by atoms with Crippen LogP contribution in [0.25, 0.3) is 0 Å². The fourth-order valence-electron chi connectivity index (χ4n) is 3.63. The number of hydrogen-bond donors (Lipinski definition) is 1. The molecule has 1 heterocycles. The Balaban J connectivity index is 1.56. The van der Waals surface area contributed by atoms with Crippen LogP contribution in [-0.4, -0.2) is 32.3 Å². The van der Waals surface area contributed by atoms with E-state index in [1.807, 2.05) is 6.07 Å². The second-order valence-electron chi connectivity index (χ2n) is 7.32. The maximum atomic E-state index is 13.2. The van der Waals surface area contributed by atoms with Crippen LogP contribution < -0.4 is 10.1 Å². The van der Waals surface area contributed by atoms with Crippen molar-refractivity contribution in [3.05, 3.63) is 88.2 Å². The Hall–Kier alpha value is -2.94. The zero-order valence-corrected chi connectivity index (χ0v) is 18.7. The van der Waals surface area contributed by atoms with E-state index < -0.39 is 21.7 Å². The van der Waals surface area contributed by atoms with Crippen molar-refractivity contribution < 1.29 is 22.3 Å². The minimum Gasteiger partial charge on any atom is -0.496 e. The Bertz CT molecular complexity index is 1280. The molecule has 0 aliphatic carbocycles. The van der Waals surface area contributed by atoms with E-state index in [0.29, 0.717) is 35.0 Å². The third kappa shape index (κ3) is 4.48. The molecule has 9 heteroatoms. The Morgan fingerprint density at radius 1 is 1.06 bits per heavy atom. The molecule has 0 saturated carbocycles. The molecule has 1 aliphatic heterocycles. The van der Waals surface area contributed by atoms with Crippen LogP contribution in [0.4, 0.5) is 10.1 Å². The number of carbonyl (C=O) groups excluding carboxylic acids is 1. The monoisotopic (exact) mass is 474 g/mol. The maximum Gasteiger partial charge on any atom is 0.259 e. The molecule has 0 saturated heterocycles. The highest BCUT2D eigenvalue weighted by Gasteiger charge is 2.28. The van der Waals surface area contributed by atoms with Gasteiger partial charge in [-0.3, -0.25) is 4.79 Å². The molecule has 1 N–H and O–H groups in total. The lowest BCUT2D eigenvalue weighted by Crippen LogP contribution is -2.36. The molecule has 3 aromatic rings. The van der Waals surface area contributed by atoms with Gasteiger partial charge in [-0.15, -0.1) is 0 Å². The first-order chi connectivity index (χ1) is 15.3. The molecule has 32 heavy (non-hydrogen) atoms. The zero-order valence-electron chi connectivity index (χ0n) is 17.1. The predicted octanol–water partition coefficient (Wildman–Crippen LogP) is 4.49. The first-order valence-electron chi connectivity index (χ1n) is 9.80. The maximum absolute atomic E-state index is 13.2. The van der Waals surface area contributed by atoms with Gasteiger partial charge in [-0.05, 0) is 72.1 Å². The summed E-state index contributed by atoms with van der Waals surface area (Å²) < 4.78 is 45.7. The van der Waals surface area contributed by atoms with Gasteiger partial charge in [0.05, 0.1) is 17.6 Å². The van der Waals surface area contributed by atoms with Gasteiger partial charge in [0.15, 0.2) is 0 Å². The minimum atomic E-state index is -3.77. The molecule has 4 rings (SSSR count). The summed E-state index contributed by atoms with van der Waals surface area (Å²) in [4.78, 5) is 12.8. The van der Waals surface area contributed by atoms with Crippen LogP contribution in [0.3, 0.4) is 0 Å². The number of halogens is 2. The second kappa shape index (κ2) is 8.90. The van der Waals surface area contributed by atoms with Gasteiger partial charge in [0.1, 0.15) is 11.6 Å². The highest BCUT2D eigenvalue weighted by atomic mass is 35.5. The molecular formula is C23H20ClFN2O4S. The third-order valence-electron chi connectivity index (χ3n) is 5.30. The minimum absolute atomic E-state index is 0.0415. The number of ether oxygens (including phenoxy) is 1. The fourth-order valence-corrected chi connectivity index (χ4v) is 5.22. The largest absolute Gasteiger partial charge is 0.496 e. The van der Waals surface area contributed by atoms with Crippen LogP contribution in [0.2, 0.25) is 5.02 Å². The van der Waals surface area contributed by atoms with Crippen LogP contribution in [-0.2, 0) is 23.0 Å². The van der Waals surface area contributed by atoms with Crippen molar-refractivity contribution in [2.24, 2.45) is 0 Å². The molecule has 0 spiro atoms. The van der Waals surface area contributed by atoms with Gasteiger partial charge >= 0.3 is 0 Å². The summed E-state index contributed by atoms with van der Waals surface area (Å²) in [6.45, 7) is 0.470. The number of rotatable bonds is 5. The smallest absolute Gasteiger partial charge is 0.259 e. The van der Waals surface area contributed by atoms with Crippen LogP contribution in [0.15, 0.2) is 65.6 Å². The number of fused-ring (bicyclic) bond motifs is 1. The van der Waals surface area contributed by atoms with Crippen LogP contribution >= 0.6 is 11.6 Å². The van der Waals surface area contributed by atoms with Crippen LogP contribution in [0.5, 0.6) is 5.75 Å². The Morgan fingerprint density at radius 3 is 2.53 bits per heavy atom. The molecular weight excluding hydrogens is 455 g/mol. The first-order valence-corrected chi connectivity index (χ1v) is 11.6. The molecule has 0 radical (unpaired) electrons. The van der Waals surface area contributed by atoms with Gasteiger partial charge in [-0.1, -0.05) is 17.7 Å². The number of amides is 1. The Morgan fingerprint density at radius 2 is 1.81 bits per heavy atom. The molecule has 0 bridgehead atoms. The number of nitrogens with one attached hydrogen (secondary N) is 1. The molecule has 1 aliphatic rings. The molecule has 166 valence electrons. The number of nitrogens with zero attached hydrogens (tertiary/aromatic N) is 1. The van der Waals surface area contributed by atoms with Crippen molar-refractivity contribution in [2.75, 3.05) is 19.0 Å². The van der Waals surface area contributed by atoms with Crippen LogP contribution in [0.1, 0.15) is 21.5 Å². The molecule has 0 aromatic heterocycles. The summed E-state index contributed by atoms with van der Waals surface area (Å²) in [6.07, 6.45) is 0.534. The van der Waals surface area contributed by atoms with E-state index in [1.165, 1.54) is 29.6 Å². The van der Waals surface area contributed by atoms with E-state index in [0.717, 1.165) is 23.3 Å². The van der Waals surface area contributed by atoms with Gasteiger partial charge in [-0.2, -0.15) is 4.31 Å². The number of hydrogen-bond acceptors (Lipinski definition) is 4. The summed E-state index contributed by atoms with van der Waals surface area (Å²) in [5.41, 5.74) is 2.61. The van der Waals surface area contributed by atoms with E-state index in [-0.39, 0.29) is 11.4 Å². The predicted molar refractivity (Wildman–Crippen MR) is 120 cm³/mol. The van der Waals surface area contributed by atoms with Gasteiger partial charge < -0.3 is 10.1 Å². The summed E-state index contributed by atoms with van der Waals surface area (Å²) in [6, 6.07) is 14.9. The van der Waals surface area contributed by atoms with E-state index in [9.17, 15) is 17.6 Å². The lowest BCUT2D eigenvalue weighted by Gasteiger charge is -2.28. The Labute approximate surface area is 190 Å². The van der Waals surface area contributed by atoms with Crippen molar-refractivity contribution in [2.45, 2.75) is 17.9 Å². The highest BCUT2D eigenvalue weighted by molar-refractivity contribution is 7.89. The fraction of sp³-hybridized carbons (Fsp3) is 0.174. The number of methoxy groups -OCH3 is 1. The standard InChI is InChI=1S/C23H20ClFN2O4S/c1-31-22-9-3-17(24)13-21(22)23(28)26-19-6-2-15-10-11-27(14-16(15)12-19)32(29,30)20-7-4-18(25)5-8-20/h2-9,12-13H,10-11,14H2,1H3,(H,26,28). The zero-order chi connectivity index (χ0) is 22.9. The topological polar surface area (TPSA) is 75.7 Å². The number of anilines is 1. The van der Waals surface area contributed by atoms with Gasteiger partial charge in [-0.25, -0.2) is 12.8 Å². The van der Waals surface area contributed by atoms with Gasteiger partial charge in [0, 0.05) is 23.8 Å². The van der Waals surface area contributed by atoms with E-state index in [1.54, 1.807) is 24.3 Å². The van der Waals surface area contributed by atoms with Crippen molar-refractivity contribution >= 4 is 33.2 Å². The van der Waals surface area contributed by atoms with E-state index >= 15 is 0 Å². The lowest BCUT2D eigenvalue weighted by molar-refractivity contribution is 0.102.